The average Bonchev–Trinajstić information content (AvgIpc) is 2.91. The van der Waals surface area contributed by atoms with Crippen molar-refractivity contribution in [2.45, 2.75) is 40.7 Å². The summed E-state index contributed by atoms with van der Waals surface area (Å²) >= 11 is 0. The Kier molecular flexibility index (Phi) is 6.02. The standard InChI is InChI=1S/C20H26N2O3/c1-13(2)16(5)21-19(23)12-25-20(24)17-8-10-18(11-9-17)22-14(3)6-7-15(22)4/h6-11,13,16H,12H2,1-5H3,(H,21,23)/t16-/m1/s1. The van der Waals surface area contributed by atoms with Gasteiger partial charge in [-0.05, 0) is 63.1 Å². The van der Waals surface area contributed by atoms with Gasteiger partial charge >= 0.3 is 5.97 Å². The summed E-state index contributed by atoms with van der Waals surface area (Å²) in [4.78, 5) is 23.9. The molecule has 0 radical (unpaired) electrons. The maximum atomic E-state index is 12.1. The van der Waals surface area contributed by atoms with E-state index in [4.69, 9.17) is 4.74 Å². The second-order valence-electron chi connectivity index (χ2n) is 6.67. The predicted molar refractivity (Wildman–Crippen MR) is 98.0 cm³/mol. The highest BCUT2D eigenvalue weighted by Crippen LogP contribution is 2.17. The van der Waals surface area contributed by atoms with E-state index in [9.17, 15) is 9.59 Å². The Bertz CT molecular complexity index is 725. The third-order valence-electron chi connectivity index (χ3n) is 4.36. The van der Waals surface area contributed by atoms with Crippen LogP contribution < -0.4 is 5.32 Å². The molecule has 25 heavy (non-hydrogen) atoms. The molecule has 1 aromatic carbocycles. The lowest BCUT2D eigenvalue weighted by Gasteiger charge is -2.17. The van der Waals surface area contributed by atoms with E-state index in [1.807, 2.05) is 58.9 Å². The largest absolute Gasteiger partial charge is 0.452 e. The highest BCUT2D eigenvalue weighted by molar-refractivity contribution is 5.91. The molecule has 2 rings (SSSR count). The summed E-state index contributed by atoms with van der Waals surface area (Å²) in [6, 6.07) is 11.3. The predicted octanol–water partition coefficient (Wildman–Crippen LogP) is 3.41. The number of aromatic nitrogens is 1. The van der Waals surface area contributed by atoms with Crippen LogP contribution in [0.25, 0.3) is 5.69 Å². The van der Waals surface area contributed by atoms with Crippen LogP contribution in [0.4, 0.5) is 0 Å². The van der Waals surface area contributed by atoms with Gasteiger partial charge in [-0.15, -0.1) is 0 Å². The molecule has 0 aliphatic rings. The molecule has 1 amide bonds. The van der Waals surface area contributed by atoms with Crippen molar-refractivity contribution in [2.24, 2.45) is 5.92 Å². The van der Waals surface area contributed by atoms with E-state index in [-0.39, 0.29) is 18.6 Å². The molecule has 0 unspecified atom stereocenters. The van der Waals surface area contributed by atoms with Crippen LogP contribution in [0.1, 0.15) is 42.5 Å². The SMILES string of the molecule is Cc1ccc(C)n1-c1ccc(C(=O)OCC(=O)N[C@H](C)C(C)C)cc1. The zero-order chi connectivity index (χ0) is 18.6. The van der Waals surface area contributed by atoms with E-state index < -0.39 is 5.97 Å². The summed E-state index contributed by atoms with van der Waals surface area (Å²) < 4.78 is 7.20. The van der Waals surface area contributed by atoms with Crippen LogP contribution >= 0.6 is 0 Å². The molecule has 0 saturated carbocycles. The minimum absolute atomic E-state index is 0.0403. The van der Waals surface area contributed by atoms with Crippen molar-refractivity contribution in [3.8, 4) is 5.69 Å². The molecule has 0 bridgehead atoms. The lowest BCUT2D eigenvalue weighted by molar-refractivity contribution is -0.125. The Balaban J connectivity index is 1.96. The minimum Gasteiger partial charge on any atom is -0.452 e. The number of ether oxygens (including phenoxy) is 1. The van der Waals surface area contributed by atoms with E-state index in [0.29, 0.717) is 11.5 Å². The number of benzene rings is 1. The summed E-state index contributed by atoms with van der Waals surface area (Å²) in [7, 11) is 0. The number of aryl methyl sites for hydroxylation is 2. The summed E-state index contributed by atoms with van der Waals surface area (Å²) in [6.07, 6.45) is 0. The third kappa shape index (κ3) is 4.72. The van der Waals surface area contributed by atoms with Gasteiger partial charge in [0.25, 0.3) is 5.91 Å². The summed E-state index contributed by atoms with van der Waals surface area (Å²) in [5.41, 5.74) is 3.67. The van der Waals surface area contributed by atoms with Gasteiger partial charge in [-0.1, -0.05) is 13.8 Å². The molecule has 2 aromatic rings. The van der Waals surface area contributed by atoms with Crippen molar-refractivity contribution in [1.29, 1.82) is 0 Å². The zero-order valence-corrected chi connectivity index (χ0v) is 15.5. The van der Waals surface area contributed by atoms with E-state index in [0.717, 1.165) is 17.1 Å². The van der Waals surface area contributed by atoms with Gasteiger partial charge in [0.1, 0.15) is 0 Å². The molecule has 0 saturated heterocycles. The Morgan fingerprint density at radius 1 is 1.00 bits per heavy atom. The zero-order valence-electron chi connectivity index (χ0n) is 15.5. The quantitative estimate of drug-likeness (QED) is 0.819. The number of hydrogen-bond acceptors (Lipinski definition) is 3. The van der Waals surface area contributed by atoms with Gasteiger partial charge in [-0.3, -0.25) is 4.79 Å². The first-order valence-corrected chi connectivity index (χ1v) is 8.51. The van der Waals surface area contributed by atoms with Crippen LogP contribution in [0, 0.1) is 19.8 Å². The number of nitrogens with one attached hydrogen (secondary N) is 1. The fourth-order valence-electron chi connectivity index (χ4n) is 2.50. The normalized spacial score (nSPS) is 12.1. The minimum atomic E-state index is -0.500. The first kappa shape index (κ1) is 18.8. The van der Waals surface area contributed by atoms with Crippen molar-refractivity contribution in [1.82, 2.24) is 9.88 Å². The highest BCUT2D eigenvalue weighted by atomic mass is 16.5. The van der Waals surface area contributed by atoms with Crippen molar-refractivity contribution < 1.29 is 14.3 Å². The lowest BCUT2D eigenvalue weighted by atomic mass is 10.1. The summed E-state index contributed by atoms with van der Waals surface area (Å²) in [5, 5.41) is 2.81. The molecule has 1 heterocycles. The van der Waals surface area contributed by atoms with Gasteiger partial charge in [0, 0.05) is 23.1 Å². The average molecular weight is 342 g/mol. The molecular weight excluding hydrogens is 316 g/mol. The number of hydrogen-bond donors (Lipinski definition) is 1. The van der Waals surface area contributed by atoms with Gasteiger partial charge < -0.3 is 14.6 Å². The van der Waals surface area contributed by atoms with Gasteiger partial charge in [-0.2, -0.15) is 0 Å². The molecule has 0 fully saturated rings. The van der Waals surface area contributed by atoms with Crippen molar-refractivity contribution in [3.05, 3.63) is 53.3 Å². The van der Waals surface area contributed by atoms with Crippen LogP contribution in [0.5, 0.6) is 0 Å². The number of carbonyl (C=O) groups excluding carboxylic acids is 2. The molecule has 1 N–H and O–H groups in total. The van der Waals surface area contributed by atoms with Crippen molar-refractivity contribution in [2.75, 3.05) is 6.61 Å². The second kappa shape index (κ2) is 8.01. The molecule has 134 valence electrons. The van der Waals surface area contributed by atoms with E-state index in [2.05, 4.69) is 9.88 Å². The molecule has 0 aliphatic carbocycles. The Morgan fingerprint density at radius 3 is 2.08 bits per heavy atom. The van der Waals surface area contributed by atoms with Crippen molar-refractivity contribution in [3.63, 3.8) is 0 Å². The van der Waals surface area contributed by atoms with Crippen LogP contribution in [0.15, 0.2) is 36.4 Å². The molecule has 5 heteroatoms. The first-order chi connectivity index (χ1) is 11.8. The van der Waals surface area contributed by atoms with Crippen LogP contribution in [0.3, 0.4) is 0 Å². The maximum Gasteiger partial charge on any atom is 0.338 e. The Labute approximate surface area is 149 Å². The van der Waals surface area contributed by atoms with Gasteiger partial charge in [-0.25, -0.2) is 4.79 Å². The van der Waals surface area contributed by atoms with E-state index in [1.54, 1.807) is 12.1 Å². The molecule has 1 atom stereocenters. The number of rotatable bonds is 6. The second-order valence-corrected chi connectivity index (χ2v) is 6.67. The number of carbonyl (C=O) groups is 2. The molecule has 0 spiro atoms. The van der Waals surface area contributed by atoms with Crippen LogP contribution in [-0.2, 0) is 9.53 Å². The molecule has 1 aromatic heterocycles. The van der Waals surface area contributed by atoms with E-state index >= 15 is 0 Å². The van der Waals surface area contributed by atoms with E-state index in [1.165, 1.54) is 0 Å². The van der Waals surface area contributed by atoms with Gasteiger partial charge in [0.2, 0.25) is 0 Å². The monoisotopic (exact) mass is 342 g/mol. The Hall–Kier alpha value is -2.56. The summed E-state index contributed by atoms with van der Waals surface area (Å²) in [5.74, 6) is -0.461. The molecule has 5 nitrogen and oxygen atoms in total. The number of esters is 1. The fraction of sp³-hybridized carbons (Fsp3) is 0.400. The topological polar surface area (TPSA) is 60.3 Å². The highest BCUT2D eigenvalue weighted by Gasteiger charge is 2.14. The Morgan fingerprint density at radius 2 is 1.56 bits per heavy atom. The van der Waals surface area contributed by atoms with Crippen molar-refractivity contribution >= 4 is 11.9 Å². The van der Waals surface area contributed by atoms with Crippen LogP contribution in [0.2, 0.25) is 0 Å². The van der Waals surface area contributed by atoms with Gasteiger partial charge in [0.15, 0.2) is 6.61 Å². The third-order valence-corrected chi connectivity index (χ3v) is 4.36. The number of amides is 1. The molecular formula is C20H26N2O3. The lowest BCUT2D eigenvalue weighted by Crippen LogP contribution is -2.38. The summed E-state index contributed by atoms with van der Waals surface area (Å²) in [6.45, 7) is 9.76. The molecule has 0 aliphatic heterocycles. The van der Waals surface area contributed by atoms with Gasteiger partial charge in [0.05, 0.1) is 5.56 Å². The number of nitrogens with zero attached hydrogens (tertiary/aromatic N) is 1. The first-order valence-electron chi connectivity index (χ1n) is 8.51. The fourth-order valence-corrected chi connectivity index (χ4v) is 2.50. The van der Waals surface area contributed by atoms with Crippen LogP contribution in [-0.4, -0.2) is 29.1 Å². The smallest absolute Gasteiger partial charge is 0.338 e. The maximum absolute atomic E-state index is 12.1.